The number of nitrogens with one attached hydrogen (secondary N) is 1. The van der Waals surface area contributed by atoms with Crippen molar-refractivity contribution in [3.8, 4) is 11.5 Å². The van der Waals surface area contributed by atoms with Gasteiger partial charge in [-0.3, -0.25) is 4.79 Å². The molecule has 0 aliphatic rings. The molecule has 0 bridgehead atoms. The van der Waals surface area contributed by atoms with E-state index in [1.54, 1.807) is 13.0 Å². The highest BCUT2D eigenvalue weighted by molar-refractivity contribution is 7.89. The Bertz CT molecular complexity index is 1240. The first-order chi connectivity index (χ1) is 14.9. The highest BCUT2D eigenvalue weighted by atomic mass is 32.2. The standard InChI is InChI=1S/C22H19F3N2O4S/c1-14(15-5-3-10-20(12-15)32(26,29)30)27-21(28)16-6-2-8-18(11-16)31-19-9-4-7-17(13-19)22(23,24)25/h2-14H,1H3,(H,27,28)(H2,26,29,30). The maximum atomic E-state index is 12.9. The summed E-state index contributed by atoms with van der Waals surface area (Å²) in [7, 11) is -3.89. The second-order valence-corrected chi connectivity index (χ2v) is 8.53. The number of halogens is 3. The Morgan fingerprint density at radius 1 is 0.969 bits per heavy atom. The van der Waals surface area contributed by atoms with Crippen LogP contribution in [0.5, 0.6) is 11.5 Å². The van der Waals surface area contributed by atoms with Gasteiger partial charge in [-0.1, -0.05) is 24.3 Å². The van der Waals surface area contributed by atoms with Crippen molar-refractivity contribution in [3.63, 3.8) is 0 Å². The van der Waals surface area contributed by atoms with Crippen LogP contribution >= 0.6 is 0 Å². The fourth-order valence-corrected chi connectivity index (χ4v) is 3.47. The molecule has 3 aromatic carbocycles. The molecule has 0 saturated heterocycles. The Morgan fingerprint density at radius 3 is 2.25 bits per heavy atom. The van der Waals surface area contributed by atoms with E-state index in [0.717, 1.165) is 12.1 Å². The number of primary sulfonamides is 1. The molecule has 0 aliphatic carbocycles. The lowest BCUT2D eigenvalue weighted by atomic mass is 10.1. The number of alkyl halides is 3. The maximum Gasteiger partial charge on any atom is 0.416 e. The third kappa shape index (κ3) is 5.86. The fourth-order valence-electron chi connectivity index (χ4n) is 2.90. The van der Waals surface area contributed by atoms with Crippen LogP contribution in [0.1, 0.15) is 34.5 Å². The van der Waals surface area contributed by atoms with Crippen LogP contribution in [0.25, 0.3) is 0 Å². The Kier molecular flexibility index (Phi) is 6.56. The van der Waals surface area contributed by atoms with Gasteiger partial charge in [0.2, 0.25) is 10.0 Å². The van der Waals surface area contributed by atoms with Gasteiger partial charge in [0.05, 0.1) is 16.5 Å². The molecule has 1 atom stereocenters. The van der Waals surface area contributed by atoms with E-state index in [2.05, 4.69) is 5.32 Å². The minimum atomic E-state index is -4.50. The lowest BCUT2D eigenvalue weighted by molar-refractivity contribution is -0.137. The molecule has 0 aromatic heterocycles. The minimum absolute atomic E-state index is 0.0226. The minimum Gasteiger partial charge on any atom is -0.457 e. The van der Waals surface area contributed by atoms with Gasteiger partial charge < -0.3 is 10.1 Å². The van der Waals surface area contributed by atoms with Crippen molar-refractivity contribution < 1.29 is 31.1 Å². The van der Waals surface area contributed by atoms with Crippen LogP contribution in [0.2, 0.25) is 0 Å². The largest absolute Gasteiger partial charge is 0.457 e. The normalized spacial score (nSPS) is 12.8. The Morgan fingerprint density at radius 2 is 1.59 bits per heavy atom. The summed E-state index contributed by atoms with van der Waals surface area (Å²) < 4.78 is 67.2. The van der Waals surface area contributed by atoms with Crippen molar-refractivity contribution in [2.75, 3.05) is 0 Å². The molecular weight excluding hydrogens is 445 g/mol. The molecule has 0 fully saturated rings. The van der Waals surface area contributed by atoms with Gasteiger partial charge in [0.25, 0.3) is 5.91 Å². The van der Waals surface area contributed by atoms with Gasteiger partial charge in [0.15, 0.2) is 0 Å². The van der Waals surface area contributed by atoms with Crippen molar-refractivity contribution in [2.45, 2.75) is 24.0 Å². The van der Waals surface area contributed by atoms with Gasteiger partial charge in [-0.15, -0.1) is 0 Å². The van der Waals surface area contributed by atoms with E-state index in [4.69, 9.17) is 9.88 Å². The molecule has 168 valence electrons. The van der Waals surface area contributed by atoms with E-state index in [9.17, 15) is 26.4 Å². The van der Waals surface area contributed by atoms with Crippen molar-refractivity contribution >= 4 is 15.9 Å². The Hall–Kier alpha value is -3.37. The number of hydrogen-bond acceptors (Lipinski definition) is 4. The first-order valence-corrected chi connectivity index (χ1v) is 10.9. The molecule has 32 heavy (non-hydrogen) atoms. The summed E-state index contributed by atoms with van der Waals surface area (Å²) in [4.78, 5) is 12.6. The van der Waals surface area contributed by atoms with Gasteiger partial charge >= 0.3 is 6.18 Å². The second kappa shape index (κ2) is 9.01. The summed E-state index contributed by atoms with van der Waals surface area (Å²) in [5.41, 5.74) is -0.107. The molecule has 0 spiro atoms. The topological polar surface area (TPSA) is 98.5 Å². The third-order valence-corrected chi connectivity index (χ3v) is 5.44. The lowest BCUT2D eigenvalue weighted by Gasteiger charge is -2.16. The summed E-state index contributed by atoms with van der Waals surface area (Å²) in [6.45, 7) is 1.67. The lowest BCUT2D eigenvalue weighted by Crippen LogP contribution is -2.26. The average Bonchev–Trinajstić information content (AvgIpc) is 2.73. The van der Waals surface area contributed by atoms with Crippen molar-refractivity contribution in [3.05, 3.63) is 89.5 Å². The number of nitrogens with two attached hydrogens (primary N) is 1. The summed E-state index contributed by atoms with van der Waals surface area (Å²) >= 11 is 0. The number of rotatable bonds is 6. The van der Waals surface area contributed by atoms with Crippen molar-refractivity contribution in [1.82, 2.24) is 5.32 Å². The number of benzene rings is 3. The predicted octanol–water partition coefficient (Wildman–Crippen LogP) is 4.64. The zero-order valence-electron chi connectivity index (χ0n) is 16.8. The number of carbonyl (C=O) groups is 1. The number of sulfonamides is 1. The summed E-state index contributed by atoms with van der Waals surface area (Å²) in [5, 5.41) is 7.87. The molecule has 0 heterocycles. The monoisotopic (exact) mass is 464 g/mol. The van der Waals surface area contributed by atoms with E-state index in [1.807, 2.05) is 0 Å². The van der Waals surface area contributed by atoms with E-state index >= 15 is 0 Å². The zero-order valence-corrected chi connectivity index (χ0v) is 17.6. The van der Waals surface area contributed by atoms with Gasteiger partial charge in [0, 0.05) is 5.56 Å². The Labute approximate surface area is 182 Å². The van der Waals surface area contributed by atoms with Crippen LogP contribution in [0.15, 0.2) is 77.7 Å². The van der Waals surface area contributed by atoms with Gasteiger partial charge in [-0.2, -0.15) is 13.2 Å². The van der Waals surface area contributed by atoms with E-state index in [0.29, 0.717) is 5.56 Å². The van der Waals surface area contributed by atoms with Crippen molar-refractivity contribution in [2.24, 2.45) is 5.14 Å². The highest BCUT2D eigenvalue weighted by Gasteiger charge is 2.30. The zero-order chi connectivity index (χ0) is 23.5. The number of amides is 1. The van der Waals surface area contributed by atoms with Gasteiger partial charge in [-0.05, 0) is 61.0 Å². The number of ether oxygens (including phenoxy) is 1. The first-order valence-electron chi connectivity index (χ1n) is 9.32. The predicted molar refractivity (Wildman–Crippen MR) is 112 cm³/mol. The van der Waals surface area contributed by atoms with Crippen LogP contribution in [0.4, 0.5) is 13.2 Å². The Balaban J connectivity index is 1.75. The molecular formula is C22H19F3N2O4S. The molecule has 3 aromatic rings. The maximum absolute atomic E-state index is 12.9. The van der Waals surface area contributed by atoms with Crippen LogP contribution in [-0.4, -0.2) is 14.3 Å². The van der Waals surface area contributed by atoms with E-state index in [-0.39, 0.29) is 22.0 Å². The van der Waals surface area contributed by atoms with Crippen LogP contribution in [0.3, 0.4) is 0 Å². The number of hydrogen-bond donors (Lipinski definition) is 2. The number of carbonyl (C=O) groups excluding carboxylic acids is 1. The second-order valence-electron chi connectivity index (χ2n) is 6.97. The van der Waals surface area contributed by atoms with Gasteiger partial charge in [-0.25, -0.2) is 13.6 Å². The summed E-state index contributed by atoms with van der Waals surface area (Å²) in [6.07, 6.45) is -4.50. The fraction of sp³-hybridized carbons (Fsp3) is 0.136. The molecule has 1 amide bonds. The molecule has 3 N–H and O–H groups in total. The summed E-state index contributed by atoms with van der Waals surface area (Å²) in [6, 6.07) is 15.7. The molecule has 0 aliphatic heterocycles. The molecule has 10 heteroatoms. The molecule has 0 radical (unpaired) electrons. The smallest absolute Gasteiger partial charge is 0.416 e. The van der Waals surface area contributed by atoms with Crippen molar-refractivity contribution in [1.29, 1.82) is 0 Å². The first kappa shape index (κ1) is 23.3. The quantitative estimate of drug-likeness (QED) is 0.555. The molecule has 0 saturated carbocycles. The van der Waals surface area contributed by atoms with Crippen LogP contribution in [-0.2, 0) is 16.2 Å². The van der Waals surface area contributed by atoms with E-state index < -0.39 is 33.7 Å². The highest BCUT2D eigenvalue weighted by Crippen LogP contribution is 2.32. The van der Waals surface area contributed by atoms with Crippen LogP contribution < -0.4 is 15.2 Å². The summed E-state index contributed by atoms with van der Waals surface area (Å²) in [5.74, 6) is -0.320. The van der Waals surface area contributed by atoms with Gasteiger partial charge in [0.1, 0.15) is 11.5 Å². The third-order valence-electron chi connectivity index (χ3n) is 4.53. The van der Waals surface area contributed by atoms with Crippen LogP contribution in [0, 0.1) is 0 Å². The van der Waals surface area contributed by atoms with E-state index in [1.165, 1.54) is 54.6 Å². The molecule has 6 nitrogen and oxygen atoms in total. The molecule has 1 unspecified atom stereocenters. The SMILES string of the molecule is CC(NC(=O)c1cccc(Oc2cccc(C(F)(F)F)c2)c1)c1cccc(S(N)(=O)=O)c1. The molecule has 3 rings (SSSR count). The average molecular weight is 464 g/mol.